The molecule has 0 bridgehead atoms. The van der Waals surface area contributed by atoms with E-state index >= 15 is 0 Å². The molecule has 2 atom stereocenters. The van der Waals surface area contributed by atoms with Crippen LogP contribution in [0.25, 0.3) is 5.70 Å². The summed E-state index contributed by atoms with van der Waals surface area (Å²) in [7, 11) is 0. The molecule has 1 fully saturated rings. The predicted molar refractivity (Wildman–Crippen MR) is 121 cm³/mol. The number of aliphatic imine (C=N–C) groups is 1. The number of carbonyl (C=O) groups excluding carboxylic acids is 1. The van der Waals surface area contributed by atoms with E-state index in [4.69, 9.17) is 0 Å². The standard InChI is InChI=1S/C25H27N3O4/c29-19-9-5-17(6-10-19)14-25(32)24(31)28-15-22(18-7-11-20(30)12-8-18)26-21(23(28)27-25)13-16-3-1-2-4-16/h5-12,15-16,21,26,29-30,32H,1-4,13-14H2/t21?,25-/m0/s1. The van der Waals surface area contributed by atoms with Crippen LogP contribution in [0.5, 0.6) is 11.5 Å². The van der Waals surface area contributed by atoms with Gasteiger partial charge in [-0.25, -0.2) is 4.99 Å². The van der Waals surface area contributed by atoms with Gasteiger partial charge in [0.25, 0.3) is 5.91 Å². The van der Waals surface area contributed by atoms with Crippen LogP contribution in [0.2, 0.25) is 0 Å². The summed E-state index contributed by atoms with van der Waals surface area (Å²) in [6.07, 6.45) is 7.33. The van der Waals surface area contributed by atoms with E-state index in [1.165, 1.54) is 29.9 Å². The van der Waals surface area contributed by atoms with Gasteiger partial charge in [-0.05, 0) is 59.9 Å². The van der Waals surface area contributed by atoms with Crippen LogP contribution in [0.3, 0.4) is 0 Å². The topological polar surface area (TPSA) is 105 Å². The molecule has 0 saturated heterocycles. The van der Waals surface area contributed by atoms with Crippen molar-refractivity contribution in [2.24, 2.45) is 10.9 Å². The molecule has 4 N–H and O–H groups in total. The summed E-state index contributed by atoms with van der Waals surface area (Å²) in [4.78, 5) is 19.4. The highest BCUT2D eigenvalue weighted by Crippen LogP contribution is 2.35. The Morgan fingerprint density at radius 2 is 1.62 bits per heavy atom. The van der Waals surface area contributed by atoms with Crippen molar-refractivity contribution < 1.29 is 20.1 Å². The van der Waals surface area contributed by atoms with E-state index in [0.717, 1.165) is 30.5 Å². The Labute approximate surface area is 186 Å². The van der Waals surface area contributed by atoms with Crippen molar-refractivity contribution in [3.05, 3.63) is 65.9 Å². The van der Waals surface area contributed by atoms with E-state index < -0.39 is 11.6 Å². The fraction of sp³-hybridized carbons (Fsp3) is 0.360. The van der Waals surface area contributed by atoms with Gasteiger partial charge in [-0.3, -0.25) is 9.69 Å². The van der Waals surface area contributed by atoms with Crippen LogP contribution in [-0.4, -0.2) is 43.7 Å². The molecule has 2 aliphatic heterocycles. The summed E-state index contributed by atoms with van der Waals surface area (Å²) in [5, 5.41) is 34.0. The van der Waals surface area contributed by atoms with E-state index in [2.05, 4.69) is 10.3 Å². The molecule has 0 radical (unpaired) electrons. The maximum atomic E-state index is 13.3. The summed E-state index contributed by atoms with van der Waals surface area (Å²) in [5.41, 5.74) is 0.433. The fourth-order valence-corrected chi connectivity index (χ4v) is 4.93. The second-order valence-electron chi connectivity index (χ2n) is 8.98. The first-order chi connectivity index (χ1) is 15.4. The molecular weight excluding hydrogens is 406 g/mol. The van der Waals surface area contributed by atoms with Crippen LogP contribution in [0.4, 0.5) is 0 Å². The number of benzene rings is 2. The van der Waals surface area contributed by atoms with Crippen molar-refractivity contribution in [3.63, 3.8) is 0 Å². The van der Waals surface area contributed by atoms with Gasteiger partial charge in [-0.2, -0.15) is 0 Å². The highest BCUT2D eigenvalue weighted by molar-refractivity contribution is 6.12. The Kier molecular flexibility index (Phi) is 5.13. The number of phenolic OH excluding ortho intramolecular Hbond substituents is 2. The average molecular weight is 434 g/mol. The Bertz CT molecular complexity index is 1070. The molecule has 1 saturated carbocycles. The number of rotatable bonds is 5. The molecule has 7 heteroatoms. The maximum absolute atomic E-state index is 13.3. The summed E-state index contributed by atoms with van der Waals surface area (Å²) in [6, 6.07) is 13.1. The van der Waals surface area contributed by atoms with Crippen molar-refractivity contribution in [1.29, 1.82) is 0 Å². The molecular formula is C25H27N3O4. The lowest BCUT2D eigenvalue weighted by atomic mass is 9.95. The Hall–Kier alpha value is -3.32. The lowest BCUT2D eigenvalue weighted by Crippen LogP contribution is -2.50. The summed E-state index contributed by atoms with van der Waals surface area (Å²) in [6.45, 7) is 0. The van der Waals surface area contributed by atoms with Gasteiger partial charge in [0.05, 0.1) is 11.7 Å². The summed E-state index contributed by atoms with van der Waals surface area (Å²) < 4.78 is 0. The van der Waals surface area contributed by atoms with Crippen LogP contribution >= 0.6 is 0 Å². The highest BCUT2D eigenvalue weighted by Gasteiger charge is 2.50. The van der Waals surface area contributed by atoms with E-state index in [0.29, 0.717) is 17.3 Å². The first kappa shape index (κ1) is 20.6. The van der Waals surface area contributed by atoms with Gasteiger partial charge in [-0.15, -0.1) is 0 Å². The number of carbonyl (C=O) groups is 1. The van der Waals surface area contributed by atoms with Gasteiger partial charge >= 0.3 is 0 Å². The highest BCUT2D eigenvalue weighted by atomic mass is 16.3. The van der Waals surface area contributed by atoms with Crippen LogP contribution in [0.15, 0.2) is 59.7 Å². The minimum absolute atomic E-state index is 0.0324. The van der Waals surface area contributed by atoms with Gasteiger partial charge in [0, 0.05) is 12.6 Å². The molecule has 166 valence electrons. The average Bonchev–Trinajstić information content (AvgIpc) is 3.37. The number of nitrogens with one attached hydrogen (secondary N) is 1. The molecule has 5 rings (SSSR count). The SMILES string of the molecule is O=C1N2C=C(c3ccc(O)cc3)NC(CC3CCCC3)C2=N[C@]1(O)Cc1ccc(O)cc1. The number of fused-ring (bicyclic) bond motifs is 1. The van der Waals surface area contributed by atoms with Crippen molar-refractivity contribution in [1.82, 2.24) is 10.2 Å². The maximum Gasteiger partial charge on any atom is 0.287 e. The Morgan fingerprint density at radius 1 is 1.00 bits per heavy atom. The van der Waals surface area contributed by atoms with Crippen molar-refractivity contribution >= 4 is 17.4 Å². The monoisotopic (exact) mass is 433 g/mol. The largest absolute Gasteiger partial charge is 0.508 e. The molecule has 1 unspecified atom stereocenters. The number of aromatic hydroxyl groups is 2. The Balaban J connectivity index is 1.48. The van der Waals surface area contributed by atoms with Crippen molar-refractivity contribution in [2.45, 2.75) is 50.3 Å². The molecule has 0 aromatic heterocycles. The summed E-state index contributed by atoms with van der Waals surface area (Å²) in [5.74, 6) is 0.928. The van der Waals surface area contributed by atoms with E-state index in [-0.39, 0.29) is 24.0 Å². The van der Waals surface area contributed by atoms with Gasteiger partial charge < -0.3 is 20.6 Å². The number of aliphatic hydroxyl groups is 1. The predicted octanol–water partition coefficient (Wildman–Crippen LogP) is 3.12. The molecule has 1 aliphatic carbocycles. The Morgan fingerprint density at radius 3 is 2.28 bits per heavy atom. The first-order valence-corrected chi connectivity index (χ1v) is 11.1. The normalized spacial score (nSPS) is 25.3. The zero-order valence-corrected chi connectivity index (χ0v) is 17.7. The molecule has 2 aromatic carbocycles. The zero-order valence-electron chi connectivity index (χ0n) is 17.7. The van der Waals surface area contributed by atoms with E-state index in [1.807, 2.05) is 0 Å². The smallest absolute Gasteiger partial charge is 0.287 e. The molecule has 7 nitrogen and oxygen atoms in total. The minimum atomic E-state index is -1.89. The number of amidine groups is 1. The van der Waals surface area contributed by atoms with Crippen LogP contribution in [0.1, 0.15) is 43.2 Å². The molecule has 32 heavy (non-hydrogen) atoms. The second-order valence-corrected chi connectivity index (χ2v) is 8.98. The van der Waals surface area contributed by atoms with Gasteiger partial charge in [-0.1, -0.05) is 37.8 Å². The third kappa shape index (κ3) is 3.84. The van der Waals surface area contributed by atoms with Crippen molar-refractivity contribution in [2.75, 3.05) is 0 Å². The number of nitrogens with zero attached hydrogens (tertiary/aromatic N) is 2. The van der Waals surface area contributed by atoms with Gasteiger partial charge in [0.15, 0.2) is 0 Å². The molecule has 2 heterocycles. The molecule has 1 amide bonds. The summed E-state index contributed by atoms with van der Waals surface area (Å²) >= 11 is 0. The van der Waals surface area contributed by atoms with Gasteiger partial charge in [0.2, 0.25) is 5.72 Å². The third-order valence-electron chi connectivity index (χ3n) is 6.62. The first-order valence-electron chi connectivity index (χ1n) is 11.1. The van der Waals surface area contributed by atoms with E-state index in [9.17, 15) is 20.1 Å². The van der Waals surface area contributed by atoms with Crippen LogP contribution < -0.4 is 5.32 Å². The lowest BCUT2D eigenvalue weighted by molar-refractivity contribution is -0.141. The second kappa shape index (κ2) is 7.98. The quantitative estimate of drug-likeness (QED) is 0.580. The van der Waals surface area contributed by atoms with Crippen LogP contribution in [-0.2, 0) is 11.2 Å². The third-order valence-corrected chi connectivity index (χ3v) is 6.62. The molecule has 3 aliphatic rings. The van der Waals surface area contributed by atoms with Gasteiger partial charge in [0.1, 0.15) is 17.3 Å². The fourth-order valence-electron chi connectivity index (χ4n) is 4.93. The number of hydrogen-bond acceptors (Lipinski definition) is 6. The zero-order chi connectivity index (χ0) is 22.3. The number of phenols is 2. The molecule has 2 aromatic rings. The lowest BCUT2D eigenvalue weighted by Gasteiger charge is -2.33. The number of amides is 1. The van der Waals surface area contributed by atoms with E-state index in [1.54, 1.807) is 42.6 Å². The minimum Gasteiger partial charge on any atom is -0.508 e. The van der Waals surface area contributed by atoms with Crippen LogP contribution in [0, 0.1) is 5.92 Å². The molecule has 0 spiro atoms. The number of hydrogen-bond donors (Lipinski definition) is 4. The van der Waals surface area contributed by atoms with Crippen molar-refractivity contribution in [3.8, 4) is 11.5 Å².